The molecule has 0 aliphatic carbocycles. The quantitative estimate of drug-likeness (QED) is 0.195. The van der Waals surface area contributed by atoms with Crippen LogP contribution in [0.3, 0.4) is 0 Å². The summed E-state index contributed by atoms with van der Waals surface area (Å²) in [6, 6.07) is 9.50. The number of hydrogen-bond donors (Lipinski definition) is 3. The number of hydroxylamine groups is 1. The van der Waals surface area contributed by atoms with Crippen molar-refractivity contribution in [2.75, 3.05) is 0 Å². The number of unbranched alkanes of at least 4 members (excludes halogenated alkanes) is 5. The second-order valence-corrected chi connectivity index (χ2v) is 7.27. The molecule has 5 heteroatoms. The lowest BCUT2D eigenvalue weighted by atomic mass is 9.96. The Morgan fingerprint density at radius 2 is 1.52 bits per heavy atom. The molecule has 0 aromatic heterocycles. The third kappa shape index (κ3) is 9.57. The van der Waals surface area contributed by atoms with Gasteiger partial charge in [-0.3, -0.25) is 14.8 Å². The molecule has 2 amide bonds. The van der Waals surface area contributed by atoms with Crippen LogP contribution in [0.5, 0.6) is 0 Å². The van der Waals surface area contributed by atoms with Crippen LogP contribution in [0.2, 0.25) is 0 Å². The maximum absolute atomic E-state index is 12.8. The Balaban J connectivity index is 2.67. The van der Waals surface area contributed by atoms with E-state index in [9.17, 15) is 9.59 Å². The van der Waals surface area contributed by atoms with Gasteiger partial charge in [-0.25, -0.2) is 5.48 Å². The Labute approximate surface area is 163 Å². The van der Waals surface area contributed by atoms with E-state index in [-0.39, 0.29) is 18.4 Å². The first-order valence-electron chi connectivity index (χ1n) is 10.4. The molecule has 0 bridgehead atoms. The molecule has 3 N–H and O–H groups in total. The molecule has 152 valence electrons. The van der Waals surface area contributed by atoms with Gasteiger partial charge in [-0.15, -0.1) is 0 Å². The number of carbonyl (C=O) groups excluding carboxylic acids is 2. The van der Waals surface area contributed by atoms with Crippen molar-refractivity contribution in [3.8, 4) is 0 Å². The second kappa shape index (κ2) is 14.2. The van der Waals surface area contributed by atoms with Gasteiger partial charge in [0.2, 0.25) is 5.91 Å². The monoisotopic (exact) mass is 376 g/mol. The van der Waals surface area contributed by atoms with E-state index in [2.05, 4.69) is 19.2 Å². The zero-order valence-electron chi connectivity index (χ0n) is 16.9. The highest BCUT2D eigenvalue weighted by Gasteiger charge is 2.28. The molecule has 2 atom stereocenters. The first-order valence-corrected chi connectivity index (χ1v) is 10.4. The Hall–Kier alpha value is -1.88. The molecule has 0 saturated carbocycles. The summed E-state index contributed by atoms with van der Waals surface area (Å²) in [6.45, 7) is 4.33. The van der Waals surface area contributed by atoms with Crippen molar-refractivity contribution in [2.45, 2.75) is 84.1 Å². The highest BCUT2D eigenvalue weighted by atomic mass is 16.5. The van der Waals surface area contributed by atoms with E-state index in [1.807, 2.05) is 30.3 Å². The molecule has 0 aliphatic heterocycles. The molecule has 1 aromatic carbocycles. The molecule has 0 saturated heterocycles. The van der Waals surface area contributed by atoms with Crippen LogP contribution in [-0.4, -0.2) is 23.1 Å². The number of benzene rings is 1. The smallest absolute Gasteiger partial charge is 0.256 e. The van der Waals surface area contributed by atoms with Crippen LogP contribution in [-0.2, 0) is 16.0 Å². The largest absolute Gasteiger partial charge is 0.353 e. The highest BCUT2D eigenvalue weighted by molar-refractivity contribution is 6.00. The summed E-state index contributed by atoms with van der Waals surface area (Å²) in [5.74, 6) is -1.89. The zero-order chi connectivity index (χ0) is 19.9. The molecule has 1 rings (SSSR count). The van der Waals surface area contributed by atoms with E-state index in [0.717, 1.165) is 37.7 Å². The summed E-state index contributed by atoms with van der Waals surface area (Å²) in [4.78, 5) is 24.8. The van der Waals surface area contributed by atoms with Gasteiger partial charge < -0.3 is 5.32 Å². The Kier molecular flexibility index (Phi) is 12.2. The molecule has 0 spiro atoms. The molecular formula is C22H36N2O3. The van der Waals surface area contributed by atoms with E-state index >= 15 is 0 Å². The van der Waals surface area contributed by atoms with Gasteiger partial charge in [-0.1, -0.05) is 89.1 Å². The van der Waals surface area contributed by atoms with Crippen LogP contribution in [0.1, 0.15) is 77.2 Å². The first-order chi connectivity index (χ1) is 13.1. The SMILES string of the molecule is CCCCCCCC(CCCC)NC(=O)C(Cc1ccccc1)C(=O)NO. The normalized spacial score (nSPS) is 13.0. The average Bonchev–Trinajstić information content (AvgIpc) is 2.69. The fourth-order valence-corrected chi connectivity index (χ4v) is 3.27. The van der Waals surface area contributed by atoms with Crippen molar-refractivity contribution in [2.24, 2.45) is 5.92 Å². The number of nitrogens with one attached hydrogen (secondary N) is 2. The summed E-state index contributed by atoms with van der Waals surface area (Å²) < 4.78 is 0. The summed E-state index contributed by atoms with van der Waals surface area (Å²) in [6.07, 6.45) is 10.2. The lowest BCUT2D eigenvalue weighted by molar-refractivity contribution is -0.141. The fourth-order valence-electron chi connectivity index (χ4n) is 3.27. The number of amides is 2. The maximum Gasteiger partial charge on any atom is 0.256 e. The van der Waals surface area contributed by atoms with Crippen LogP contribution in [0.15, 0.2) is 30.3 Å². The van der Waals surface area contributed by atoms with E-state index in [1.54, 1.807) is 5.48 Å². The van der Waals surface area contributed by atoms with Gasteiger partial charge in [0.25, 0.3) is 5.91 Å². The van der Waals surface area contributed by atoms with Crippen LogP contribution >= 0.6 is 0 Å². The zero-order valence-corrected chi connectivity index (χ0v) is 16.9. The van der Waals surface area contributed by atoms with Gasteiger partial charge in [0.15, 0.2) is 0 Å². The van der Waals surface area contributed by atoms with Crippen LogP contribution < -0.4 is 10.8 Å². The van der Waals surface area contributed by atoms with Crippen LogP contribution in [0, 0.1) is 5.92 Å². The van der Waals surface area contributed by atoms with E-state index in [4.69, 9.17) is 5.21 Å². The van der Waals surface area contributed by atoms with Gasteiger partial charge in [0, 0.05) is 6.04 Å². The number of carbonyl (C=O) groups is 2. The van der Waals surface area contributed by atoms with Crippen molar-refractivity contribution in [3.63, 3.8) is 0 Å². The molecule has 5 nitrogen and oxygen atoms in total. The van der Waals surface area contributed by atoms with Gasteiger partial charge in [0.1, 0.15) is 5.92 Å². The van der Waals surface area contributed by atoms with Crippen molar-refractivity contribution < 1.29 is 14.8 Å². The molecule has 0 heterocycles. The molecule has 27 heavy (non-hydrogen) atoms. The van der Waals surface area contributed by atoms with Crippen molar-refractivity contribution in [1.82, 2.24) is 10.8 Å². The Morgan fingerprint density at radius 3 is 2.15 bits per heavy atom. The molecule has 2 unspecified atom stereocenters. The molecule has 1 aromatic rings. The second-order valence-electron chi connectivity index (χ2n) is 7.27. The third-order valence-corrected chi connectivity index (χ3v) is 4.93. The number of rotatable bonds is 14. The highest BCUT2D eigenvalue weighted by Crippen LogP contribution is 2.14. The van der Waals surface area contributed by atoms with E-state index < -0.39 is 11.8 Å². The minimum Gasteiger partial charge on any atom is -0.353 e. The fraction of sp³-hybridized carbons (Fsp3) is 0.636. The van der Waals surface area contributed by atoms with Crippen molar-refractivity contribution >= 4 is 11.8 Å². The maximum atomic E-state index is 12.8. The summed E-state index contributed by atoms with van der Waals surface area (Å²) in [5, 5.41) is 12.1. The summed E-state index contributed by atoms with van der Waals surface area (Å²) >= 11 is 0. The van der Waals surface area contributed by atoms with Gasteiger partial charge >= 0.3 is 0 Å². The van der Waals surface area contributed by atoms with Gasteiger partial charge in [0.05, 0.1) is 0 Å². The predicted molar refractivity (Wildman–Crippen MR) is 108 cm³/mol. The van der Waals surface area contributed by atoms with Crippen molar-refractivity contribution in [1.29, 1.82) is 0 Å². The molecular weight excluding hydrogens is 340 g/mol. The van der Waals surface area contributed by atoms with Crippen LogP contribution in [0.4, 0.5) is 0 Å². The minimum absolute atomic E-state index is 0.0869. The standard InChI is InChI=1S/C22H36N2O3/c1-3-5-7-8-12-16-19(15-6-4-2)23-21(25)20(22(26)24-27)17-18-13-10-9-11-14-18/h9-11,13-14,19-20,27H,3-8,12,15-17H2,1-2H3,(H,23,25)(H,24,26). The van der Waals surface area contributed by atoms with Crippen molar-refractivity contribution in [3.05, 3.63) is 35.9 Å². The summed E-state index contributed by atoms with van der Waals surface area (Å²) in [5.41, 5.74) is 2.54. The Morgan fingerprint density at radius 1 is 0.889 bits per heavy atom. The summed E-state index contributed by atoms with van der Waals surface area (Å²) in [7, 11) is 0. The molecule has 0 fully saturated rings. The third-order valence-electron chi connectivity index (χ3n) is 4.93. The van der Waals surface area contributed by atoms with Gasteiger partial charge in [-0.05, 0) is 24.8 Å². The predicted octanol–water partition coefficient (Wildman–Crippen LogP) is 4.39. The topological polar surface area (TPSA) is 78.4 Å². The Bertz CT molecular complexity index is 534. The molecule has 0 aliphatic rings. The average molecular weight is 377 g/mol. The van der Waals surface area contributed by atoms with E-state index in [1.165, 1.54) is 25.7 Å². The van der Waals surface area contributed by atoms with Crippen LogP contribution in [0.25, 0.3) is 0 Å². The molecule has 0 radical (unpaired) electrons. The lowest BCUT2D eigenvalue weighted by Crippen LogP contribution is -2.45. The lowest BCUT2D eigenvalue weighted by Gasteiger charge is -2.22. The van der Waals surface area contributed by atoms with E-state index in [0.29, 0.717) is 0 Å². The number of hydrogen-bond acceptors (Lipinski definition) is 3. The van der Waals surface area contributed by atoms with Gasteiger partial charge in [-0.2, -0.15) is 0 Å². The first kappa shape index (κ1) is 23.2. The minimum atomic E-state index is -0.929.